The second-order valence-corrected chi connectivity index (χ2v) is 5.75. The summed E-state index contributed by atoms with van der Waals surface area (Å²) >= 11 is 0.708. The van der Waals surface area contributed by atoms with Crippen LogP contribution in [0.1, 0.15) is 18.4 Å². The van der Waals surface area contributed by atoms with Crippen molar-refractivity contribution >= 4 is 29.5 Å². The molecular weight excluding hydrogens is 354 g/mol. The van der Waals surface area contributed by atoms with Gasteiger partial charge < -0.3 is 19.0 Å². The second kappa shape index (κ2) is 6.81. The van der Waals surface area contributed by atoms with Crippen LogP contribution in [0.2, 0.25) is 0 Å². The van der Waals surface area contributed by atoms with Gasteiger partial charge >= 0.3 is 5.97 Å². The van der Waals surface area contributed by atoms with Crippen molar-refractivity contribution < 1.29 is 28.7 Å². The minimum absolute atomic E-state index is 0.0360. The van der Waals surface area contributed by atoms with E-state index >= 15 is 0 Å². The Labute approximate surface area is 144 Å². The maximum absolute atomic E-state index is 11.5. The first-order valence-corrected chi connectivity index (χ1v) is 7.83. The topological polar surface area (TPSA) is 138 Å². The molecule has 10 nitrogen and oxygen atoms in total. The number of benzene rings is 1. The minimum Gasteiger partial charge on any atom is -0.477 e. The van der Waals surface area contributed by atoms with Crippen molar-refractivity contribution in [3.05, 3.63) is 38.6 Å². The molecule has 0 saturated heterocycles. The van der Waals surface area contributed by atoms with Crippen LogP contribution in [0.5, 0.6) is 11.5 Å². The zero-order valence-corrected chi connectivity index (χ0v) is 13.6. The maximum Gasteiger partial charge on any atom is 0.342 e. The van der Waals surface area contributed by atoms with Gasteiger partial charge in [0.1, 0.15) is 4.91 Å². The normalized spacial score (nSPS) is 13.1. The van der Waals surface area contributed by atoms with E-state index in [0.717, 1.165) is 6.08 Å². The molecule has 0 saturated carbocycles. The van der Waals surface area contributed by atoms with E-state index in [2.05, 4.69) is 10.2 Å². The van der Waals surface area contributed by atoms with E-state index in [1.807, 2.05) is 6.92 Å². The van der Waals surface area contributed by atoms with Crippen molar-refractivity contribution in [2.75, 3.05) is 6.79 Å². The zero-order valence-electron chi connectivity index (χ0n) is 12.8. The summed E-state index contributed by atoms with van der Waals surface area (Å²) in [5.41, 5.74) is -0.238. The predicted octanol–water partition coefficient (Wildman–Crippen LogP) is 2.49. The summed E-state index contributed by atoms with van der Waals surface area (Å²) < 4.78 is 15.5. The van der Waals surface area contributed by atoms with E-state index in [1.165, 1.54) is 12.1 Å². The standard InChI is InChI=1S/C14H11N3O7S/c1-2-12-15-16-14(24-12)25-11(13(18)19)4-7-3-9-10(23-6-22-9)5-8(7)17(20)21/h3-5H,2,6H2,1H3,(H,18,19)/b11-4-. The SMILES string of the molecule is CCc1nnc(S/C(=C\c2cc3c(cc2[N+](=O)[O-])OCO3)C(=O)O)o1. The lowest BCUT2D eigenvalue weighted by molar-refractivity contribution is -0.385. The number of thioether (sulfide) groups is 1. The molecule has 1 aromatic carbocycles. The molecule has 0 fully saturated rings. The Morgan fingerprint density at radius 1 is 1.40 bits per heavy atom. The van der Waals surface area contributed by atoms with Gasteiger partial charge in [-0.25, -0.2) is 4.79 Å². The molecule has 1 N–H and O–H groups in total. The van der Waals surface area contributed by atoms with Gasteiger partial charge in [0.15, 0.2) is 11.5 Å². The highest BCUT2D eigenvalue weighted by molar-refractivity contribution is 8.03. The lowest BCUT2D eigenvalue weighted by atomic mass is 10.1. The van der Waals surface area contributed by atoms with E-state index in [0.29, 0.717) is 29.8 Å². The zero-order chi connectivity index (χ0) is 18.0. The second-order valence-electron chi connectivity index (χ2n) is 4.75. The number of carboxylic acids is 1. The Morgan fingerprint density at radius 2 is 2.12 bits per heavy atom. The fraction of sp³-hybridized carbons (Fsp3) is 0.214. The molecule has 0 spiro atoms. The number of nitro groups is 1. The van der Waals surface area contributed by atoms with E-state index < -0.39 is 10.9 Å². The van der Waals surface area contributed by atoms with E-state index in [-0.39, 0.29) is 33.9 Å². The van der Waals surface area contributed by atoms with Gasteiger partial charge in [-0.2, -0.15) is 0 Å². The number of carbonyl (C=O) groups is 1. The molecule has 2 heterocycles. The molecule has 0 atom stereocenters. The first-order chi connectivity index (χ1) is 12.0. The number of aromatic nitrogens is 2. The number of fused-ring (bicyclic) bond motifs is 1. The van der Waals surface area contributed by atoms with E-state index in [4.69, 9.17) is 13.9 Å². The van der Waals surface area contributed by atoms with Gasteiger partial charge in [0.05, 0.1) is 16.6 Å². The number of hydrogen-bond donors (Lipinski definition) is 1. The molecule has 0 aliphatic carbocycles. The van der Waals surface area contributed by atoms with Gasteiger partial charge in [-0.1, -0.05) is 6.92 Å². The average Bonchev–Trinajstić information content (AvgIpc) is 3.21. The third-order valence-electron chi connectivity index (χ3n) is 3.16. The number of rotatable bonds is 6. The third kappa shape index (κ3) is 3.55. The molecule has 2 aromatic rings. The highest BCUT2D eigenvalue weighted by Crippen LogP contribution is 2.39. The highest BCUT2D eigenvalue weighted by atomic mass is 32.2. The smallest absolute Gasteiger partial charge is 0.342 e. The first kappa shape index (κ1) is 16.8. The number of ether oxygens (including phenoxy) is 2. The minimum atomic E-state index is -1.28. The number of aliphatic carboxylic acids is 1. The molecule has 3 rings (SSSR count). The molecule has 0 radical (unpaired) electrons. The van der Waals surface area contributed by atoms with Crippen molar-refractivity contribution in [3.8, 4) is 11.5 Å². The van der Waals surface area contributed by atoms with Crippen molar-refractivity contribution in [1.82, 2.24) is 10.2 Å². The van der Waals surface area contributed by atoms with Gasteiger partial charge in [-0.05, 0) is 23.9 Å². The van der Waals surface area contributed by atoms with Crippen LogP contribution in [0.15, 0.2) is 26.7 Å². The number of carboxylic acid groups (broad SMARTS) is 1. The Morgan fingerprint density at radius 3 is 2.72 bits per heavy atom. The van der Waals surface area contributed by atoms with Crippen LogP contribution in [0.3, 0.4) is 0 Å². The Hall–Kier alpha value is -3.08. The van der Waals surface area contributed by atoms with Crippen LogP contribution in [-0.4, -0.2) is 33.0 Å². The van der Waals surface area contributed by atoms with Gasteiger partial charge in [0.25, 0.3) is 10.9 Å². The number of hydrogen-bond acceptors (Lipinski definition) is 9. The monoisotopic (exact) mass is 365 g/mol. The lowest BCUT2D eigenvalue weighted by Gasteiger charge is -2.03. The summed E-state index contributed by atoms with van der Waals surface area (Å²) in [7, 11) is 0. The molecule has 0 amide bonds. The van der Waals surface area contributed by atoms with Crippen molar-refractivity contribution in [2.45, 2.75) is 18.6 Å². The quantitative estimate of drug-likeness (QED) is 0.351. The summed E-state index contributed by atoms with van der Waals surface area (Å²) in [6.07, 6.45) is 1.66. The van der Waals surface area contributed by atoms with Crippen molar-refractivity contribution in [2.24, 2.45) is 0 Å². The summed E-state index contributed by atoms with van der Waals surface area (Å²) in [5, 5.41) is 28.1. The molecule has 1 aliphatic rings. The molecule has 1 aromatic heterocycles. The third-order valence-corrected chi connectivity index (χ3v) is 4.02. The van der Waals surface area contributed by atoms with Crippen LogP contribution in [0, 0.1) is 10.1 Å². The highest BCUT2D eigenvalue weighted by Gasteiger charge is 2.24. The van der Waals surface area contributed by atoms with Crippen LogP contribution in [0.25, 0.3) is 6.08 Å². The predicted molar refractivity (Wildman–Crippen MR) is 84.4 cm³/mol. The van der Waals surface area contributed by atoms with Crippen LogP contribution < -0.4 is 9.47 Å². The number of aryl methyl sites for hydroxylation is 1. The molecule has 130 valence electrons. The van der Waals surface area contributed by atoms with Crippen LogP contribution in [-0.2, 0) is 11.2 Å². The average molecular weight is 365 g/mol. The number of nitrogens with zero attached hydrogens (tertiary/aromatic N) is 3. The van der Waals surface area contributed by atoms with Gasteiger partial charge in [-0.15, -0.1) is 10.2 Å². The van der Waals surface area contributed by atoms with E-state index in [9.17, 15) is 20.0 Å². The van der Waals surface area contributed by atoms with Crippen molar-refractivity contribution in [3.63, 3.8) is 0 Å². The summed E-state index contributed by atoms with van der Waals surface area (Å²) in [5.74, 6) is -0.384. The molecule has 1 aliphatic heterocycles. The van der Waals surface area contributed by atoms with E-state index in [1.54, 1.807) is 0 Å². The summed E-state index contributed by atoms with van der Waals surface area (Å²) in [6, 6.07) is 2.55. The van der Waals surface area contributed by atoms with Gasteiger partial charge in [0.2, 0.25) is 12.7 Å². The molecule has 0 unspecified atom stereocenters. The molecule has 11 heteroatoms. The Kier molecular flexibility index (Phi) is 4.57. The fourth-order valence-electron chi connectivity index (χ4n) is 2.01. The first-order valence-electron chi connectivity index (χ1n) is 7.01. The number of nitro benzene ring substituents is 1. The molecule has 25 heavy (non-hydrogen) atoms. The molecular formula is C14H11N3O7S. The Balaban J connectivity index is 2.00. The fourth-order valence-corrected chi connectivity index (χ4v) is 2.69. The van der Waals surface area contributed by atoms with Gasteiger partial charge in [0, 0.05) is 6.42 Å². The molecule has 0 bridgehead atoms. The van der Waals surface area contributed by atoms with Crippen molar-refractivity contribution in [1.29, 1.82) is 0 Å². The van der Waals surface area contributed by atoms with Gasteiger partial charge in [-0.3, -0.25) is 10.1 Å². The maximum atomic E-state index is 11.5. The largest absolute Gasteiger partial charge is 0.477 e. The van der Waals surface area contributed by atoms with Crippen LogP contribution in [0.4, 0.5) is 5.69 Å². The lowest BCUT2D eigenvalue weighted by Crippen LogP contribution is -1.98. The summed E-state index contributed by atoms with van der Waals surface area (Å²) in [6.45, 7) is 1.76. The van der Waals surface area contributed by atoms with Crippen LogP contribution >= 0.6 is 11.8 Å². The Bertz CT molecular complexity index is 877. The summed E-state index contributed by atoms with van der Waals surface area (Å²) in [4.78, 5) is 21.9.